The SMILES string of the molecule is CNC(C)c1nnc(CCC(C)NCc2cnc(N)s2)o1. The van der Waals surface area contributed by atoms with Crippen LogP contribution in [0.5, 0.6) is 0 Å². The van der Waals surface area contributed by atoms with Gasteiger partial charge in [-0.15, -0.1) is 21.5 Å². The van der Waals surface area contributed by atoms with Crippen molar-refractivity contribution in [2.75, 3.05) is 12.8 Å². The molecule has 21 heavy (non-hydrogen) atoms. The fourth-order valence-corrected chi connectivity index (χ4v) is 2.42. The van der Waals surface area contributed by atoms with Crippen LogP contribution in [-0.2, 0) is 13.0 Å². The number of hydrogen-bond acceptors (Lipinski definition) is 8. The maximum absolute atomic E-state index is 5.62. The highest BCUT2D eigenvalue weighted by Crippen LogP contribution is 2.15. The molecule has 0 aliphatic carbocycles. The van der Waals surface area contributed by atoms with Crippen LogP contribution in [0.3, 0.4) is 0 Å². The lowest BCUT2D eigenvalue weighted by Gasteiger charge is -2.11. The summed E-state index contributed by atoms with van der Waals surface area (Å²) in [6.45, 7) is 4.90. The number of nitrogen functional groups attached to an aromatic ring is 1. The number of anilines is 1. The van der Waals surface area contributed by atoms with Crippen LogP contribution in [0, 0.1) is 0 Å². The molecule has 0 aliphatic rings. The Hall–Kier alpha value is -1.51. The molecule has 0 saturated heterocycles. The molecule has 2 unspecified atom stereocenters. The Bertz CT molecular complexity index is 554. The number of aromatic nitrogens is 3. The van der Waals surface area contributed by atoms with Gasteiger partial charge in [0, 0.05) is 30.1 Å². The lowest BCUT2D eigenvalue weighted by molar-refractivity contribution is 0.393. The number of hydrogen-bond donors (Lipinski definition) is 3. The van der Waals surface area contributed by atoms with Crippen molar-refractivity contribution in [1.82, 2.24) is 25.8 Å². The predicted molar refractivity (Wildman–Crippen MR) is 82.9 cm³/mol. The zero-order valence-electron chi connectivity index (χ0n) is 12.6. The summed E-state index contributed by atoms with van der Waals surface area (Å²) >= 11 is 1.51. The van der Waals surface area contributed by atoms with E-state index in [1.54, 1.807) is 0 Å². The largest absolute Gasteiger partial charge is 0.424 e. The van der Waals surface area contributed by atoms with E-state index in [9.17, 15) is 0 Å². The molecule has 0 amide bonds. The summed E-state index contributed by atoms with van der Waals surface area (Å²) in [6.07, 6.45) is 3.51. The molecule has 7 nitrogen and oxygen atoms in total. The first-order valence-electron chi connectivity index (χ1n) is 7.01. The van der Waals surface area contributed by atoms with Gasteiger partial charge in [0.2, 0.25) is 11.8 Å². The molecule has 0 saturated carbocycles. The van der Waals surface area contributed by atoms with Crippen molar-refractivity contribution >= 4 is 16.5 Å². The third-order valence-electron chi connectivity index (χ3n) is 3.27. The fourth-order valence-electron chi connectivity index (χ4n) is 1.79. The van der Waals surface area contributed by atoms with E-state index in [0.29, 0.717) is 23.0 Å². The third-order valence-corrected chi connectivity index (χ3v) is 4.10. The smallest absolute Gasteiger partial charge is 0.233 e. The van der Waals surface area contributed by atoms with Crippen LogP contribution in [0.15, 0.2) is 10.6 Å². The molecule has 0 bridgehead atoms. The van der Waals surface area contributed by atoms with E-state index < -0.39 is 0 Å². The molecule has 0 aromatic carbocycles. The Kier molecular flexibility index (Phi) is 5.66. The molecule has 8 heteroatoms. The van der Waals surface area contributed by atoms with Crippen LogP contribution < -0.4 is 16.4 Å². The summed E-state index contributed by atoms with van der Waals surface area (Å²) in [5, 5.41) is 15.2. The van der Waals surface area contributed by atoms with Crippen LogP contribution in [0.1, 0.15) is 43.0 Å². The van der Waals surface area contributed by atoms with Gasteiger partial charge in [0.15, 0.2) is 5.13 Å². The lowest BCUT2D eigenvalue weighted by atomic mass is 10.2. The van der Waals surface area contributed by atoms with Crippen LogP contribution in [0.4, 0.5) is 5.13 Å². The summed E-state index contributed by atoms with van der Waals surface area (Å²) in [4.78, 5) is 5.17. The fraction of sp³-hybridized carbons (Fsp3) is 0.615. The minimum Gasteiger partial charge on any atom is -0.424 e. The summed E-state index contributed by atoms with van der Waals surface area (Å²) < 4.78 is 5.62. The Morgan fingerprint density at radius 2 is 2.19 bits per heavy atom. The Balaban J connectivity index is 1.73. The van der Waals surface area contributed by atoms with Crippen LogP contribution in [0.25, 0.3) is 0 Å². The first-order chi connectivity index (χ1) is 10.1. The van der Waals surface area contributed by atoms with E-state index in [1.807, 2.05) is 20.2 Å². The Morgan fingerprint density at radius 3 is 2.86 bits per heavy atom. The minimum absolute atomic E-state index is 0.0820. The summed E-state index contributed by atoms with van der Waals surface area (Å²) in [6, 6.07) is 0.434. The van der Waals surface area contributed by atoms with Gasteiger partial charge in [-0.05, 0) is 27.3 Å². The van der Waals surface area contributed by atoms with Gasteiger partial charge in [-0.1, -0.05) is 0 Å². The van der Waals surface area contributed by atoms with Gasteiger partial charge in [0.25, 0.3) is 0 Å². The molecule has 4 N–H and O–H groups in total. The molecule has 2 heterocycles. The Morgan fingerprint density at radius 1 is 1.38 bits per heavy atom. The van der Waals surface area contributed by atoms with Gasteiger partial charge in [0.05, 0.1) is 6.04 Å². The molecular weight excluding hydrogens is 288 g/mol. The molecule has 0 radical (unpaired) electrons. The second-order valence-corrected chi connectivity index (χ2v) is 6.18. The summed E-state index contributed by atoms with van der Waals surface area (Å²) in [5.74, 6) is 1.32. The van der Waals surface area contributed by atoms with Crippen LogP contribution in [0.2, 0.25) is 0 Å². The minimum atomic E-state index is 0.0820. The normalized spacial score (nSPS) is 14.2. The maximum Gasteiger partial charge on any atom is 0.233 e. The molecule has 2 rings (SSSR count). The highest BCUT2D eigenvalue weighted by molar-refractivity contribution is 7.15. The molecule has 116 valence electrons. The van der Waals surface area contributed by atoms with E-state index in [2.05, 4.69) is 32.7 Å². The topological polar surface area (TPSA) is 102 Å². The first kappa shape index (κ1) is 15.9. The van der Waals surface area contributed by atoms with Crippen molar-refractivity contribution in [1.29, 1.82) is 0 Å². The van der Waals surface area contributed by atoms with E-state index in [0.717, 1.165) is 24.3 Å². The molecule has 2 atom stereocenters. The first-order valence-corrected chi connectivity index (χ1v) is 7.83. The number of nitrogens with two attached hydrogens (primary N) is 1. The highest BCUT2D eigenvalue weighted by atomic mass is 32.1. The molecule has 0 spiro atoms. The predicted octanol–water partition coefficient (Wildman–Crippen LogP) is 1.50. The summed E-state index contributed by atoms with van der Waals surface area (Å²) in [5.41, 5.74) is 5.60. The van der Waals surface area contributed by atoms with E-state index in [1.165, 1.54) is 11.3 Å². The van der Waals surface area contributed by atoms with Gasteiger partial charge in [-0.2, -0.15) is 0 Å². The molecule has 0 fully saturated rings. The standard InChI is InChI=1S/C13H22N6OS/c1-8(16-6-10-7-17-13(14)21-10)4-5-11-18-19-12(20-11)9(2)15-3/h7-9,15-16H,4-6H2,1-3H3,(H2,14,17). The van der Waals surface area contributed by atoms with E-state index >= 15 is 0 Å². The van der Waals surface area contributed by atoms with Gasteiger partial charge < -0.3 is 20.8 Å². The molecule has 2 aromatic rings. The van der Waals surface area contributed by atoms with E-state index in [-0.39, 0.29) is 6.04 Å². The van der Waals surface area contributed by atoms with Gasteiger partial charge in [0.1, 0.15) is 0 Å². The van der Waals surface area contributed by atoms with Crippen LogP contribution >= 0.6 is 11.3 Å². The van der Waals surface area contributed by atoms with Gasteiger partial charge in [-0.25, -0.2) is 4.98 Å². The van der Waals surface area contributed by atoms with Crippen molar-refractivity contribution < 1.29 is 4.42 Å². The number of nitrogens with one attached hydrogen (secondary N) is 2. The lowest BCUT2D eigenvalue weighted by Crippen LogP contribution is -2.25. The van der Waals surface area contributed by atoms with Crippen molar-refractivity contribution in [3.63, 3.8) is 0 Å². The maximum atomic E-state index is 5.62. The van der Waals surface area contributed by atoms with Gasteiger partial charge >= 0.3 is 0 Å². The quantitative estimate of drug-likeness (QED) is 0.679. The summed E-state index contributed by atoms with van der Waals surface area (Å²) in [7, 11) is 1.87. The van der Waals surface area contributed by atoms with E-state index in [4.69, 9.17) is 10.2 Å². The monoisotopic (exact) mass is 310 g/mol. The third kappa shape index (κ3) is 4.76. The Labute approximate surface area is 128 Å². The van der Waals surface area contributed by atoms with Gasteiger partial charge in [-0.3, -0.25) is 0 Å². The number of aryl methyl sites for hydroxylation is 1. The molecular formula is C13H22N6OS. The highest BCUT2D eigenvalue weighted by Gasteiger charge is 2.12. The van der Waals surface area contributed by atoms with Crippen molar-refractivity contribution in [2.45, 2.75) is 45.3 Å². The number of thiazole rings is 1. The van der Waals surface area contributed by atoms with Crippen molar-refractivity contribution in [3.05, 3.63) is 22.9 Å². The second-order valence-electron chi connectivity index (χ2n) is 5.03. The van der Waals surface area contributed by atoms with Crippen molar-refractivity contribution in [2.24, 2.45) is 0 Å². The zero-order chi connectivity index (χ0) is 15.2. The number of nitrogens with zero attached hydrogens (tertiary/aromatic N) is 3. The second kappa shape index (κ2) is 7.48. The van der Waals surface area contributed by atoms with Crippen molar-refractivity contribution in [3.8, 4) is 0 Å². The zero-order valence-corrected chi connectivity index (χ0v) is 13.4. The molecule has 0 aliphatic heterocycles. The average Bonchev–Trinajstić information content (AvgIpc) is 3.11. The molecule has 2 aromatic heterocycles. The average molecular weight is 310 g/mol. The number of rotatable bonds is 8. The van der Waals surface area contributed by atoms with Crippen LogP contribution in [-0.4, -0.2) is 28.3 Å².